The predicted molar refractivity (Wildman–Crippen MR) is 73.4 cm³/mol. The second-order valence-corrected chi connectivity index (χ2v) is 5.33. The van der Waals surface area contributed by atoms with Gasteiger partial charge in [-0.2, -0.15) is 0 Å². The molecule has 1 aromatic carbocycles. The lowest BCUT2D eigenvalue weighted by Gasteiger charge is -2.27. The smallest absolute Gasteiger partial charge is 0.254 e. The number of anilines is 1. The fourth-order valence-electron chi connectivity index (χ4n) is 2.62. The lowest BCUT2D eigenvalue weighted by molar-refractivity contribution is 0.0716. The minimum absolute atomic E-state index is 0.129. The fraction of sp³-hybridized carbons (Fsp3) is 0.500. The number of hydrogen-bond acceptors (Lipinski definition) is 3. The van der Waals surface area contributed by atoms with Crippen molar-refractivity contribution >= 4 is 11.6 Å². The van der Waals surface area contributed by atoms with Crippen molar-refractivity contribution in [3.05, 3.63) is 29.6 Å². The Hall–Kier alpha value is -1.62. The van der Waals surface area contributed by atoms with Crippen LogP contribution in [-0.4, -0.2) is 48.9 Å². The second kappa shape index (κ2) is 5.57. The first kappa shape index (κ1) is 13.8. The molecule has 1 aliphatic rings. The molecule has 0 radical (unpaired) electrons. The number of hydrogen-bond donors (Lipinski definition) is 1. The van der Waals surface area contributed by atoms with Gasteiger partial charge in [-0.25, -0.2) is 4.39 Å². The van der Waals surface area contributed by atoms with Gasteiger partial charge in [0.1, 0.15) is 5.82 Å². The number of nitrogens with two attached hydrogens (primary N) is 1. The molecule has 0 aliphatic carbocycles. The van der Waals surface area contributed by atoms with E-state index < -0.39 is 5.82 Å². The maximum atomic E-state index is 13.3. The minimum atomic E-state index is -0.466. The fourth-order valence-corrected chi connectivity index (χ4v) is 2.62. The molecule has 2 N–H and O–H groups in total. The van der Waals surface area contributed by atoms with E-state index in [-0.39, 0.29) is 17.6 Å². The van der Waals surface area contributed by atoms with Gasteiger partial charge in [0.15, 0.2) is 0 Å². The second-order valence-electron chi connectivity index (χ2n) is 5.33. The van der Waals surface area contributed by atoms with Crippen LogP contribution in [0.5, 0.6) is 0 Å². The summed E-state index contributed by atoms with van der Waals surface area (Å²) < 4.78 is 13.3. The number of likely N-dealkylation sites (N-methyl/N-ethyl adjacent to an activating group) is 1. The summed E-state index contributed by atoms with van der Waals surface area (Å²) in [5.74, 6) is -0.595. The van der Waals surface area contributed by atoms with Crippen molar-refractivity contribution in [2.24, 2.45) is 0 Å². The highest BCUT2D eigenvalue weighted by Gasteiger charge is 2.29. The first-order valence-corrected chi connectivity index (χ1v) is 6.49. The monoisotopic (exact) mass is 265 g/mol. The van der Waals surface area contributed by atoms with E-state index in [1.807, 2.05) is 19.0 Å². The van der Waals surface area contributed by atoms with Gasteiger partial charge in [-0.3, -0.25) is 4.79 Å². The first-order chi connectivity index (χ1) is 8.97. The number of nitrogen functional groups attached to an aromatic ring is 1. The summed E-state index contributed by atoms with van der Waals surface area (Å²) in [6, 6.07) is 4.21. The molecular weight excluding hydrogens is 245 g/mol. The van der Waals surface area contributed by atoms with Crippen molar-refractivity contribution in [1.29, 1.82) is 0 Å². The molecule has 1 aliphatic heterocycles. The van der Waals surface area contributed by atoms with Gasteiger partial charge in [0, 0.05) is 30.4 Å². The molecule has 0 aromatic heterocycles. The van der Waals surface area contributed by atoms with Gasteiger partial charge in [-0.05, 0) is 45.1 Å². The Morgan fingerprint density at radius 3 is 2.84 bits per heavy atom. The van der Waals surface area contributed by atoms with Crippen LogP contribution in [0.2, 0.25) is 0 Å². The maximum Gasteiger partial charge on any atom is 0.254 e. The molecule has 104 valence electrons. The molecule has 5 heteroatoms. The Kier molecular flexibility index (Phi) is 4.04. The third kappa shape index (κ3) is 3.23. The van der Waals surface area contributed by atoms with Crippen LogP contribution in [0.1, 0.15) is 23.2 Å². The van der Waals surface area contributed by atoms with Gasteiger partial charge in [0.2, 0.25) is 0 Å². The van der Waals surface area contributed by atoms with E-state index in [1.165, 1.54) is 18.2 Å². The van der Waals surface area contributed by atoms with E-state index in [9.17, 15) is 9.18 Å². The highest BCUT2D eigenvalue weighted by molar-refractivity contribution is 5.95. The van der Waals surface area contributed by atoms with Crippen LogP contribution in [-0.2, 0) is 0 Å². The molecule has 1 amide bonds. The zero-order chi connectivity index (χ0) is 14.0. The summed E-state index contributed by atoms with van der Waals surface area (Å²) in [7, 11) is 3.97. The van der Waals surface area contributed by atoms with Gasteiger partial charge in [0.25, 0.3) is 5.91 Å². The largest absolute Gasteiger partial charge is 0.399 e. The molecule has 0 saturated carbocycles. The first-order valence-electron chi connectivity index (χ1n) is 6.49. The summed E-state index contributed by atoms with van der Waals surface area (Å²) in [6.07, 6.45) is 1.99. The molecule has 2 rings (SSSR count). The van der Waals surface area contributed by atoms with E-state index in [0.717, 1.165) is 25.9 Å². The highest BCUT2D eigenvalue weighted by atomic mass is 19.1. The molecule has 1 saturated heterocycles. The van der Waals surface area contributed by atoms with Crippen molar-refractivity contribution in [3.8, 4) is 0 Å². The number of carbonyl (C=O) groups excluding carboxylic acids is 1. The molecule has 0 spiro atoms. The SMILES string of the molecule is CN(C)CC1CCCN1C(=O)c1cc(N)cc(F)c1. The van der Waals surface area contributed by atoms with Crippen molar-refractivity contribution in [2.75, 3.05) is 32.9 Å². The Labute approximate surface area is 113 Å². The summed E-state index contributed by atoms with van der Waals surface area (Å²) in [5.41, 5.74) is 6.21. The predicted octanol–water partition coefficient (Wildman–Crippen LogP) is 1.57. The van der Waals surface area contributed by atoms with Crippen LogP contribution < -0.4 is 5.73 Å². The normalized spacial score (nSPS) is 19.2. The lowest BCUT2D eigenvalue weighted by atomic mass is 10.1. The summed E-state index contributed by atoms with van der Waals surface area (Å²) in [6.45, 7) is 1.56. The zero-order valence-corrected chi connectivity index (χ0v) is 11.4. The molecule has 4 nitrogen and oxygen atoms in total. The zero-order valence-electron chi connectivity index (χ0n) is 11.4. The Morgan fingerprint density at radius 1 is 1.47 bits per heavy atom. The summed E-state index contributed by atoms with van der Waals surface area (Å²) in [4.78, 5) is 16.3. The van der Waals surface area contributed by atoms with Gasteiger partial charge < -0.3 is 15.5 Å². The lowest BCUT2D eigenvalue weighted by Crippen LogP contribution is -2.41. The van der Waals surface area contributed by atoms with E-state index >= 15 is 0 Å². The third-order valence-corrected chi connectivity index (χ3v) is 3.38. The molecule has 1 aromatic rings. The van der Waals surface area contributed by atoms with Crippen LogP contribution in [0.4, 0.5) is 10.1 Å². The molecule has 1 fully saturated rings. The summed E-state index contributed by atoms with van der Waals surface area (Å²) >= 11 is 0. The molecule has 0 bridgehead atoms. The Balaban J connectivity index is 2.18. The molecule has 1 unspecified atom stereocenters. The number of likely N-dealkylation sites (tertiary alicyclic amines) is 1. The number of rotatable bonds is 3. The summed E-state index contributed by atoms with van der Waals surface area (Å²) in [5, 5.41) is 0. The number of amides is 1. The number of halogens is 1. The maximum absolute atomic E-state index is 13.3. The van der Waals surface area contributed by atoms with Crippen molar-refractivity contribution in [3.63, 3.8) is 0 Å². The topological polar surface area (TPSA) is 49.6 Å². The molecule has 19 heavy (non-hydrogen) atoms. The Morgan fingerprint density at radius 2 is 2.21 bits per heavy atom. The van der Waals surface area contributed by atoms with Crippen LogP contribution >= 0.6 is 0 Å². The molecular formula is C14H20FN3O. The number of nitrogens with zero attached hydrogens (tertiary/aromatic N) is 2. The van der Waals surface area contributed by atoms with Crippen molar-refractivity contribution < 1.29 is 9.18 Å². The quantitative estimate of drug-likeness (QED) is 0.844. The van der Waals surface area contributed by atoms with E-state index in [1.54, 1.807) is 0 Å². The number of carbonyl (C=O) groups is 1. The van der Waals surface area contributed by atoms with Gasteiger partial charge in [0.05, 0.1) is 0 Å². The average Bonchev–Trinajstić information content (AvgIpc) is 2.73. The van der Waals surface area contributed by atoms with Crippen LogP contribution in [0.25, 0.3) is 0 Å². The third-order valence-electron chi connectivity index (χ3n) is 3.38. The van der Waals surface area contributed by atoms with Crippen LogP contribution in [0.15, 0.2) is 18.2 Å². The average molecular weight is 265 g/mol. The van der Waals surface area contributed by atoms with Gasteiger partial charge >= 0.3 is 0 Å². The van der Waals surface area contributed by atoms with E-state index in [4.69, 9.17) is 5.73 Å². The van der Waals surface area contributed by atoms with E-state index in [0.29, 0.717) is 5.56 Å². The van der Waals surface area contributed by atoms with Crippen LogP contribution in [0, 0.1) is 5.82 Å². The van der Waals surface area contributed by atoms with E-state index in [2.05, 4.69) is 4.90 Å². The standard InChI is InChI=1S/C14H20FN3O/c1-17(2)9-13-4-3-5-18(13)14(19)10-6-11(15)8-12(16)7-10/h6-8,13H,3-5,9,16H2,1-2H3. The molecule has 1 heterocycles. The molecule has 1 atom stereocenters. The van der Waals surface area contributed by atoms with Crippen LogP contribution in [0.3, 0.4) is 0 Å². The van der Waals surface area contributed by atoms with Crippen molar-refractivity contribution in [1.82, 2.24) is 9.80 Å². The minimum Gasteiger partial charge on any atom is -0.399 e. The Bertz CT molecular complexity index is 456. The van der Waals surface area contributed by atoms with Crippen molar-refractivity contribution in [2.45, 2.75) is 18.9 Å². The number of benzene rings is 1. The van der Waals surface area contributed by atoms with Gasteiger partial charge in [-0.15, -0.1) is 0 Å². The van der Waals surface area contributed by atoms with Gasteiger partial charge in [-0.1, -0.05) is 0 Å². The highest BCUT2D eigenvalue weighted by Crippen LogP contribution is 2.22.